The van der Waals surface area contributed by atoms with Crippen molar-refractivity contribution in [3.63, 3.8) is 0 Å². The zero-order valence-electron chi connectivity index (χ0n) is 16.6. The Kier molecular flexibility index (Phi) is 6.24. The first-order chi connectivity index (χ1) is 12.2. The minimum atomic E-state index is -3.69. The van der Waals surface area contributed by atoms with Crippen LogP contribution in [0, 0.1) is 6.92 Å². The minimum absolute atomic E-state index is 0.0223. The molecule has 148 valence electrons. The van der Waals surface area contributed by atoms with Crippen molar-refractivity contribution in [1.29, 1.82) is 0 Å². The molecule has 1 heterocycles. The minimum Gasteiger partial charge on any atom is -0.297 e. The third-order valence-corrected chi connectivity index (χ3v) is 8.88. The topological polar surface area (TPSA) is 64.1 Å². The SMILES string of the molecule is Cc1nc(CC(=O)C(C)(C)S(=O)(=O)Cc2ccc(Cl)cc2)sc1C(C)(C)C. The molecule has 0 aliphatic heterocycles. The normalized spacial score (nSPS) is 13.0. The van der Waals surface area contributed by atoms with Crippen molar-refractivity contribution in [1.82, 2.24) is 4.98 Å². The Balaban J connectivity index is 2.22. The molecular weight excluding hydrogens is 402 g/mol. The van der Waals surface area contributed by atoms with E-state index in [9.17, 15) is 13.2 Å². The van der Waals surface area contributed by atoms with E-state index in [2.05, 4.69) is 25.8 Å². The van der Waals surface area contributed by atoms with E-state index >= 15 is 0 Å². The lowest BCUT2D eigenvalue weighted by Gasteiger charge is -2.23. The van der Waals surface area contributed by atoms with Crippen LogP contribution in [0.3, 0.4) is 0 Å². The molecule has 0 N–H and O–H groups in total. The number of aromatic nitrogens is 1. The molecule has 0 saturated carbocycles. The van der Waals surface area contributed by atoms with Crippen LogP contribution in [0.15, 0.2) is 24.3 Å². The summed E-state index contributed by atoms with van der Waals surface area (Å²) in [5.41, 5.74) is 1.46. The lowest BCUT2D eigenvalue weighted by atomic mass is 9.93. The Morgan fingerprint density at radius 1 is 1.11 bits per heavy atom. The fourth-order valence-corrected chi connectivity index (χ4v) is 5.39. The highest BCUT2D eigenvalue weighted by atomic mass is 35.5. The molecule has 0 saturated heterocycles. The van der Waals surface area contributed by atoms with Gasteiger partial charge in [0.05, 0.1) is 17.9 Å². The van der Waals surface area contributed by atoms with Gasteiger partial charge in [0.2, 0.25) is 0 Å². The second-order valence-electron chi connectivity index (χ2n) is 8.27. The van der Waals surface area contributed by atoms with Crippen LogP contribution in [0.2, 0.25) is 5.02 Å². The highest BCUT2D eigenvalue weighted by Crippen LogP contribution is 2.32. The van der Waals surface area contributed by atoms with E-state index in [-0.39, 0.29) is 23.4 Å². The number of Topliss-reactive ketones (excluding diaryl/α,β-unsaturated/α-hetero) is 1. The van der Waals surface area contributed by atoms with Crippen LogP contribution >= 0.6 is 22.9 Å². The molecule has 0 radical (unpaired) electrons. The van der Waals surface area contributed by atoms with Crippen LogP contribution in [-0.2, 0) is 32.2 Å². The number of benzene rings is 1. The van der Waals surface area contributed by atoms with E-state index in [1.165, 1.54) is 25.2 Å². The van der Waals surface area contributed by atoms with Gasteiger partial charge in [0.1, 0.15) is 9.75 Å². The van der Waals surface area contributed by atoms with Crippen molar-refractivity contribution < 1.29 is 13.2 Å². The molecule has 0 aliphatic rings. The van der Waals surface area contributed by atoms with Crippen molar-refractivity contribution in [3.8, 4) is 0 Å². The van der Waals surface area contributed by atoms with Gasteiger partial charge in [-0.1, -0.05) is 44.5 Å². The molecule has 1 aromatic heterocycles. The van der Waals surface area contributed by atoms with E-state index < -0.39 is 14.6 Å². The molecule has 4 nitrogen and oxygen atoms in total. The molecule has 2 aromatic rings. The quantitative estimate of drug-likeness (QED) is 0.657. The first-order valence-electron chi connectivity index (χ1n) is 8.71. The van der Waals surface area contributed by atoms with Gasteiger partial charge in [-0.05, 0) is 43.9 Å². The average Bonchev–Trinajstić information content (AvgIpc) is 2.90. The fraction of sp³-hybridized carbons (Fsp3) is 0.500. The summed E-state index contributed by atoms with van der Waals surface area (Å²) in [5, 5.41) is 1.21. The van der Waals surface area contributed by atoms with Gasteiger partial charge in [-0.2, -0.15) is 0 Å². The largest absolute Gasteiger partial charge is 0.297 e. The van der Waals surface area contributed by atoms with Gasteiger partial charge < -0.3 is 0 Å². The standard InChI is InChI=1S/C20H26ClNO3S2/c1-13-18(19(2,3)4)26-17(22-13)11-16(23)20(5,6)27(24,25)12-14-7-9-15(21)10-8-14/h7-10H,11-12H2,1-6H3. The fourth-order valence-electron chi connectivity index (χ4n) is 2.73. The maximum Gasteiger partial charge on any atom is 0.166 e. The lowest BCUT2D eigenvalue weighted by molar-refractivity contribution is -0.120. The Morgan fingerprint density at radius 3 is 2.15 bits per heavy atom. The van der Waals surface area contributed by atoms with Crippen molar-refractivity contribution in [3.05, 3.63) is 50.4 Å². The number of thiazole rings is 1. The molecule has 7 heteroatoms. The summed E-state index contributed by atoms with van der Waals surface area (Å²) in [6.07, 6.45) is 0.0223. The zero-order chi connectivity index (χ0) is 20.6. The zero-order valence-corrected chi connectivity index (χ0v) is 19.0. The number of ketones is 1. The van der Waals surface area contributed by atoms with Gasteiger partial charge >= 0.3 is 0 Å². The molecule has 0 aliphatic carbocycles. The smallest absolute Gasteiger partial charge is 0.166 e. The molecular formula is C20H26ClNO3S2. The molecule has 2 rings (SSSR count). The number of nitrogens with zero attached hydrogens (tertiary/aromatic N) is 1. The average molecular weight is 428 g/mol. The molecule has 0 fully saturated rings. The third kappa shape index (κ3) is 4.98. The summed E-state index contributed by atoms with van der Waals surface area (Å²) in [6.45, 7) is 11.2. The molecule has 0 amide bonds. The summed E-state index contributed by atoms with van der Waals surface area (Å²) >= 11 is 7.34. The van der Waals surface area contributed by atoms with Crippen molar-refractivity contribution >= 4 is 38.6 Å². The summed E-state index contributed by atoms with van der Waals surface area (Å²) in [4.78, 5) is 18.5. The first kappa shape index (κ1) is 22.1. The van der Waals surface area contributed by atoms with E-state index in [1.54, 1.807) is 24.3 Å². The second kappa shape index (κ2) is 7.64. The predicted molar refractivity (Wildman–Crippen MR) is 112 cm³/mol. The second-order valence-corrected chi connectivity index (χ2v) is 12.3. The maximum atomic E-state index is 12.9. The molecule has 1 aromatic carbocycles. The van der Waals surface area contributed by atoms with E-state index in [0.717, 1.165) is 10.6 Å². The van der Waals surface area contributed by atoms with E-state index in [4.69, 9.17) is 11.6 Å². The van der Waals surface area contributed by atoms with E-state index in [0.29, 0.717) is 15.6 Å². The number of hydrogen-bond acceptors (Lipinski definition) is 5. The number of halogens is 1. The lowest BCUT2D eigenvalue weighted by Crippen LogP contribution is -2.42. The van der Waals surface area contributed by atoms with Gasteiger partial charge in [-0.15, -0.1) is 11.3 Å². The van der Waals surface area contributed by atoms with Crippen molar-refractivity contribution in [2.75, 3.05) is 0 Å². The Bertz CT molecular complexity index is 937. The van der Waals surface area contributed by atoms with Crippen LogP contribution in [0.4, 0.5) is 0 Å². The third-order valence-electron chi connectivity index (χ3n) is 4.55. The van der Waals surface area contributed by atoms with Crippen LogP contribution < -0.4 is 0 Å². The Morgan fingerprint density at radius 2 is 1.67 bits per heavy atom. The first-order valence-corrected chi connectivity index (χ1v) is 11.6. The number of sulfone groups is 1. The molecule has 0 unspecified atom stereocenters. The van der Waals surface area contributed by atoms with Crippen LogP contribution in [0.1, 0.15) is 55.8 Å². The summed E-state index contributed by atoms with van der Waals surface area (Å²) in [5.74, 6) is -0.543. The van der Waals surface area contributed by atoms with Crippen LogP contribution in [0.25, 0.3) is 0 Å². The molecule has 0 bridgehead atoms. The number of hydrogen-bond donors (Lipinski definition) is 0. The maximum absolute atomic E-state index is 12.9. The Hall–Kier alpha value is -1.24. The van der Waals surface area contributed by atoms with Crippen LogP contribution in [0.5, 0.6) is 0 Å². The van der Waals surface area contributed by atoms with Crippen LogP contribution in [-0.4, -0.2) is 23.9 Å². The molecule has 0 atom stereocenters. The molecule has 0 spiro atoms. The van der Waals surface area contributed by atoms with Gasteiger partial charge in [0, 0.05) is 9.90 Å². The monoisotopic (exact) mass is 427 g/mol. The van der Waals surface area contributed by atoms with E-state index in [1.807, 2.05) is 6.92 Å². The number of aryl methyl sites for hydroxylation is 1. The summed E-state index contributed by atoms with van der Waals surface area (Å²) in [6, 6.07) is 6.63. The highest BCUT2D eigenvalue weighted by molar-refractivity contribution is 7.92. The summed E-state index contributed by atoms with van der Waals surface area (Å²) < 4.78 is 24.3. The summed E-state index contributed by atoms with van der Waals surface area (Å²) in [7, 11) is -3.69. The number of carbonyl (C=O) groups is 1. The Labute approximate surface area is 170 Å². The van der Waals surface area contributed by atoms with Gasteiger partial charge in [-0.3, -0.25) is 4.79 Å². The molecule has 27 heavy (non-hydrogen) atoms. The van der Waals surface area contributed by atoms with Gasteiger partial charge in [-0.25, -0.2) is 13.4 Å². The van der Waals surface area contributed by atoms with Gasteiger partial charge in [0.15, 0.2) is 15.6 Å². The predicted octanol–water partition coefficient (Wildman–Crippen LogP) is 4.91. The number of rotatable bonds is 6. The van der Waals surface area contributed by atoms with Gasteiger partial charge in [0.25, 0.3) is 0 Å². The number of carbonyl (C=O) groups excluding carboxylic acids is 1. The highest BCUT2D eigenvalue weighted by Gasteiger charge is 2.41. The van der Waals surface area contributed by atoms with Crippen molar-refractivity contribution in [2.45, 2.75) is 63.9 Å². The van der Waals surface area contributed by atoms with Crippen molar-refractivity contribution in [2.24, 2.45) is 0 Å².